The van der Waals surface area contributed by atoms with E-state index in [2.05, 4.69) is 34.5 Å². The van der Waals surface area contributed by atoms with E-state index >= 15 is 0 Å². The lowest BCUT2D eigenvalue weighted by Gasteiger charge is -2.31. The number of anilines is 1. The van der Waals surface area contributed by atoms with Crippen molar-refractivity contribution in [2.24, 2.45) is 5.92 Å². The van der Waals surface area contributed by atoms with Crippen molar-refractivity contribution < 1.29 is 22.7 Å². The van der Waals surface area contributed by atoms with Crippen molar-refractivity contribution in [2.75, 3.05) is 39.2 Å². The molecule has 4 rings (SSSR count). The fourth-order valence-electron chi connectivity index (χ4n) is 4.97. The molecule has 0 saturated heterocycles. The van der Waals surface area contributed by atoms with Crippen LogP contribution >= 0.6 is 0 Å². The Labute approximate surface area is 220 Å². The number of halogens is 3. The largest absolute Gasteiger partial charge is 0.494 e. The molecule has 1 amide bonds. The lowest BCUT2D eigenvalue weighted by Crippen LogP contribution is -2.36. The van der Waals surface area contributed by atoms with Crippen molar-refractivity contribution in [3.05, 3.63) is 47.9 Å². The number of alkyl halides is 3. The Kier molecular flexibility index (Phi) is 8.88. The van der Waals surface area contributed by atoms with Crippen molar-refractivity contribution >= 4 is 22.5 Å². The molecule has 8 nitrogen and oxygen atoms in total. The average molecular weight is 533 g/mol. The number of amides is 1. The van der Waals surface area contributed by atoms with E-state index in [1.807, 2.05) is 10.9 Å². The van der Waals surface area contributed by atoms with Gasteiger partial charge >= 0.3 is 6.18 Å². The third-order valence-electron chi connectivity index (χ3n) is 6.93. The van der Waals surface area contributed by atoms with E-state index < -0.39 is 17.8 Å². The predicted octanol–water partition coefficient (Wildman–Crippen LogP) is 5.33. The first-order valence-electron chi connectivity index (χ1n) is 13.0. The van der Waals surface area contributed by atoms with E-state index in [-0.39, 0.29) is 5.69 Å². The fourth-order valence-corrected chi connectivity index (χ4v) is 4.97. The normalized spacial score (nSPS) is 18.2. The molecular weight excluding hydrogens is 497 g/mol. The molecule has 2 aromatic heterocycles. The van der Waals surface area contributed by atoms with Gasteiger partial charge in [-0.3, -0.25) is 14.4 Å². The van der Waals surface area contributed by atoms with Gasteiger partial charge in [-0.2, -0.15) is 18.3 Å². The number of nitrogens with one attached hydrogen (secondary N) is 2. The van der Waals surface area contributed by atoms with Crippen LogP contribution in [0.15, 0.2) is 36.5 Å². The quantitative estimate of drug-likeness (QED) is 0.271. The van der Waals surface area contributed by atoms with Gasteiger partial charge in [0, 0.05) is 30.9 Å². The number of hydrogen-bond acceptors (Lipinski definition) is 6. The minimum atomic E-state index is -4.64. The third-order valence-corrected chi connectivity index (χ3v) is 6.93. The van der Waals surface area contributed by atoms with Crippen molar-refractivity contribution in [3.63, 3.8) is 0 Å². The number of hydrogen-bond donors (Lipinski definition) is 2. The zero-order chi connectivity index (χ0) is 27.3. The molecule has 0 radical (unpaired) electrons. The molecule has 0 bridgehead atoms. The Morgan fingerprint density at radius 1 is 1.21 bits per heavy atom. The molecule has 11 heteroatoms. The van der Waals surface area contributed by atoms with Crippen LogP contribution in [-0.2, 0) is 6.18 Å². The third kappa shape index (κ3) is 6.82. The van der Waals surface area contributed by atoms with Crippen LogP contribution in [0.2, 0.25) is 0 Å². The summed E-state index contributed by atoms with van der Waals surface area (Å²) in [5.41, 5.74) is -0.391. The summed E-state index contributed by atoms with van der Waals surface area (Å²) >= 11 is 0. The van der Waals surface area contributed by atoms with Crippen molar-refractivity contribution in [2.45, 2.75) is 51.2 Å². The summed E-state index contributed by atoms with van der Waals surface area (Å²) in [7, 11) is 3.62. The Bertz CT molecular complexity index is 1240. The standard InChI is InChI=1S/C27H35F3N6O2/c1-4-12-31-17-35(2)15-18-8-10-20(11-9-18)36-16-19-13-23(24(38-3)14-22(19)34-36)33-26(37)21-6-5-7-25(32-21)27(28,29)30/h5-7,13-14,16,18,20,31H,4,8-12,15,17H2,1-3H3,(H,33,37). The van der Waals surface area contributed by atoms with Crippen molar-refractivity contribution in [3.8, 4) is 5.75 Å². The van der Waals surface area contributed by atoms with Gasteiger partial charge in [-0.25, -0.2) is 4.98 Å². The number of pyridine rings is 1. The first-order valence-corrected chi connectivity index (χ1v) is 13.0. The van der Waals surface area contributed by atoms with Crippen LogP contribution in [0, 0.1) is 5.92 Å². The highest BCUT2D eigenvalue weighted by atomic mass is 19.4. The molecule has 2 N–H and O–H groups in total. The number of methoxy groups -OCH3 is 1. The molecule has 0 spiro atoms. The minimum Gasteiger partial charge on any atom is -0.494 e. The van der Waals surface area contributed by atoms with Crippen LogP contribution in [0.3, 0.4) is 0 Å². The Balaban J connectivity index is 1.43. The van der Waals surface area contributed by atoms with Gasteiger partial charge in [0.05, 0.1) is 24.4 Å². The minimum absolute atomic E-state index is 0.292. The number of nitrogens with zero attached hydrogens (tertiary/aromatic N) is 4. The molecule has 1 aliphatic rings. The summed E-state index contributed by atoms with van der Waals surface area (Å²) < 4.78 is 46.5. The zero-order valence-corrected chi connectivity index (χ0v) is 22.0. The van der Waals surface area contributed by atoms with Crippen LogP contribution in [0.4, 0.5) is 18.9 Å². The highest BCUT2D eigenvalue weighted by Crippen LogP contribution is 2.35. The van der Waals surface area contributed by atoms with Crippen LogP contribution in [-0.4, -0.2) is 59.5 Å². The van der Waals surface area contributed by atoms with Crippen molar-refractivity contribution in [1.29, 1.82) is 0 Å². The molecule has 1 aromatic carbocycles. The molecule has 1 saturated carbocycles. The summed E-state index contributed by atoms with van der Waals surface area (Å²) in [4.78, 5) is 18.5. The van der Waals surface area contributed by atoms with Crippen LogP contribution < -0.4 is 15.4 Å². The molecular formula is C27H35F3N6O2. The second-order valence-electron chi connectivity index (χ2n) is 9.95. The fraction of sp³-hybridized carbons (Fsp3) is 0.519. The van der Waals surface area contributed by atoms with Gasteiger partial charge in [-0.05, 0) is 69.8 Å². The van der Waals surface area contributed by atoms with E-state index in [0.717, 1.165) is 74.9 Å². The number of ether oxygens (including phenoxy) is 1. The lowest BCUT2D eigenvalue weighted by atomic mass is 9.86. The predicted molar refractivity (Wildman–Crippen MR) is 140 cm³/mol. The van der Waals surface area contributed by atoms with Crippen LogP contribution in [0.1, 0.15) is 61.3 Å². The van der Waals surface area contributed by atoms with E-state index in [0.29, 0.717) is 23.4 Å². The number of fused-ring (bicyclic) bond motifs is 1. The van der Waals surface area contributed by atoms with Gasteiger partial charge in [0.1, 0.15) is 17.1 Å². The molecule has 38 heavy (non-hydrogen) atoms. The van der Waals surface area contributed by atoms with E-state index in [4.69, 9.17) is 9.84 Å². The molecule has 3 aromatic rings. The second-order valence-corrected chi connectivity index (χ2v) is 9.95. The number of carbonyl (C=O) groups excluding carboxylic acids is 1. The summed E-state index contributed by atoms with van der Waals surface area (Å²) in [6.07, 6.45) is 2.79. The number of carbonyl (C=O) groups is 1. The Morgan fingerprint density at radius 2 is 1.97 bits per heavy atom. The van der Waals surface area contributed by atoms with Gasteiger partial charge in [0.15, 0.2) is 0 Å². The maximum atomic E-state index is 13.0. The highest BCUT2D eigenvalue weighted by molar-refractivity contribution is 6.05. The molecule has 206 valence electrons. The summed E-state index contributed by atoms with van der Waals surface area (Å²) in [6, 6.07) is 6.97. The molecule has 2 heterocycles. The van der Waals surface area contributed by atoms with E-state index in [1.165, 1.54) is 13.2 Å². The molecule has 0 unspecified atom stereocenters. The highest BCUT2D eigenvalue weighted by Gasteiger charge is 2.33. The molecule has 0 atom stereocenters. The first kappa shape index (κ1) is 27.8. The number of rotatable bonds is 10. The molecule has 1 fully saturated rings. The topological polar surface area (TPSA) is 84.3 Å². The summed E-state index contributed by atoms with van der Waals surface area (Å²) in [6.45, 7) is 5.18. The van der Waals surface area contributed by atoms with Crippen LogP contribution in [0.25, 0.3) is 10.9 Å². The lowest BCUT2D eigenvalue weighted by molar-refractivity contribution is -0.141. The van der Waals surface area contributed by atoms with Gasteiger partial charge in [0.25, 0.3) is 5.91 Å². The number of benzene rings is 1. The Hall–Kier alpha value is -3.18. The average Bonchev–Trinajstić information content (AvgIpc) is 3.31. The second kappa shape index (κ2) is 12.1. The maximum absolute atomic E-state index is 13.0. The zero-order valence-electron chi connectivity index (χ0n) is 22.0. The summed E-state index contributed by atoms with van der Waals surface area (Å²) in [5.74, 6) is 0.275. The summed E-state index contributed by atoms with van der Waals surface area (Å²) in [5, 5.41) is 11.7. The smallest absolute Gasteiger partial charge is 0.433 e. The molecule has 0 aliphatic heterocycles. The molecule has 1 aliphatic carbocycles. The van der Waals surface area contributed by atoms with Gasteiger partial charge in [0.2, 0.25) is 0 Å². The Morgan fingerprint density at radius 3 is 2.66 bits per heavy atom. The monoisotopic (exact) mass is 532 g/mol. The number of aromatic nitrogens is 3. The maximum Gasteiger partial charge on any atom is 0.433 e. The SMILES string of the molecule is CCCNCN(C)CC1CCC(n2cc3cc(NC(=O)c4cccc(C(F)(F)F)n4)c(OC)cc3n2)CC1. The van der Waals surface area contributed by atoms with Gasteiger partial charge in [-0.15, -0.1) is 0 Å². The first-order chi connectivity index (χ1) is 18.2. The van der Waals surface area contributed by atoms with Gasteiger partial charge < -0.3 is 15.4 Å². The van der Waals surface area contributed by atoms with E-state index in [1.54, 1.807) is 12.1 Å². The van der Waals surface area contributed by atoms with Gasteiger partial charge in [-0.1, -0.05) is 13.0 Å². The van der Waals surface area contributed by atoms with Crippen LogP contribution in [0.5, 0.6) is 5.75 Å². The van der Waals surface area contributed by atoms with E-state index in [9.17, 15) is 18.0 Å². The van der Waals surface area contributed by atoms with Crippen molar-refractivity contribution in [1.82, 2.24) is 25.0 Å².